The first-order valence-corrected chi connectivity index (χ1v) is 7.77. The van der Waals surface area contributed by atoms with E-state index in [2.05, 4.69) is 5.10 Å². The summed E-state index contributed by atoms with van der Waals surface area (Å²) in [4.78, 5) is 0.307. The number of hydrogen-bond donors (Lipinski definition) is 0. The van der Waals surface area contributed by atoms with Crippen LogP contribution in [0.4, 0.5) is 0 Å². The Morgan fingerprint density at radius 2 is 1.90 bits per heavy atom. The highest BCUT2D eigenvalue weighted by molar-refractivity contribution is 7.89. The van der Waals surface area contributed by atoms with Crippen LogP contribution in [-0.2, 0) is 16.6 Å². The number of rotatable bonds is 4. The summed E-state index contributed by atoms with van der Waals surface area (Å²) in [5.41, 5.74) is 2.93. The van der Waals surface area contributed by atoms with Gasteiger partial charge in [0.15, 0.2) is 0 Å². The molecule has 0 aliphatic heterocycles. The van der Waals surface area contributed by atoms with E-state index in [0.717, 1.165) is 17.0 Å². The summed E-state index contributed by atoms with van der Waals surface area (Å²) in [7, 11) is -0.331. The topological polar surface area (TPSA) is 55.2 Å². The van der Waals surface area contributed by atoms with Crippen molar-refractivity contribution in [2.45, 2.75) is 25.3 Å². The van der Waals surface area contributed by atoms with Crippen LogP contribution in [0.25, 0.3) is 0 Å². The Kier molecular flexibility index (Phi) is 3.96. The van der Waals surface area contributed by atoms with Crippen LogP contribution >= 0.6 is 0 Å². The highest BCUT2D eigenvalue weighted by Crippen LogP contribution is 2.16. The summed E-state index contributed by atoms with van der Waals surface area (Å²) in [5.74, 6) is 0. The number of nitrogens with zero attached hydrogens (tertiary/aromatic N) is 3. The average Bonchev–Trinajstić information content (AvgIpc) is 2.68. The molecular formula is C14H19N3O2S. The molecule has 0 saturated carbocycles. The highest BCUT2D eigenvalue weighted by Gasteiger charge is 2.17. The van der Waals surface area contributed by atoms with Crippen molar-refractivity contribution in [1.29, 1.82) is 0 Å². The third kappa shape index (κ3) is 2.91. The minimum Gasteiger partial charge on any atom is -0.265 e. The van der Waals surface area contributed by atoms with E-state index in [1.807, 2.05) is 30.7 Å². The van der Waals surface area contributed by atoms with Gasteiger partial charge in [0.05, 0.1) is 17.1 Å². The number of benzene rings is 1. The van der Waals surface area contributed by atoms with Crippen molar-refractivity contribution < 1.29 is 8.42 Å². The van der Waals surface area contributed by atoms with Gasteiger partial charge in [0.1, 0.15) is 0 Å². The fourth-order valence-electron chi connectivity index (χ4n) is 2.02. The zero-order chi connectivity index (χ0) is 14.9. The van der Waals surface area contributed by atoms with Gasteiger partial charge >= 0.3 is 0 Å². The van der Waals surface area contributed by atoms with Gasteiger partial charge in [-0.3, -0.25) is 4.68 Å². The molecule has 5 nitrogen and oxygen atoms in total. The predicted octanol–water partition coefficient (Wildman–Crippen LogP) is 1.80. The van der Waals surface area contributed by atoms with Crippen LogP contribution in [0.3, 0.4) is 0 Å². The van der Waals surface area contributed by atoms with Gasteiger partial charge in [0.2, 0.25) is 10.0 Å². The lowest BCUT2D eigenvalue weighted by Gasteiger charge is -2.12. The van der Waals surface area contributed by atoms with E-state index in [9.17, 15) is 8.42 Å². The lowest BCUT2D eigenvalue weighted by atomic mass is 10.2. The Hall–Kier alpha value is -1.66. The van der Waals surface area contributed by atoms with E-state index >= 15 is 0 Å². The van der Waals surface area contributed by atoms with Crippen molar-refractivity contribution in [3.8, 4) is 0 Å². The lowest BCUT2D eigenvalue weighted by molar-refractivity contribution is 0.520. The molecule has 0 radical (unpaired) electrons. The summed E-state index contributed by atoms with van der Waals surface area (Å²) in [6.07, 6.45) is 0. The Bertz CT molecular complexity index is 718. The number of aryl methyl sites for hydroxylation is 2. The Morgan fingerprint density at radius 3 is 2.45 bits per heavy atom. The van der Waals surface area contributed by atoms with E-state index in [1.54, 1.807) is 18.2 Å². The van der Waals surface area contributed by atoms with Crippen LogP contribution in [-0.4, -0.2) is 36.6 Å². The quantitative estimate of drug-likeness (QED) is 0.863. The van der Waals surface area contributed by atoms with Crippen LogP contribution in [0, 0.1) is 13.8 Å². The summed E-state index contributed by atoms with van der Waals surface area (Å²) < 4.78 is 27.3. The third-order valence-corrected chi connectivity index (χ3v) is 4.92. The van der Waals surface area contributed by atoms with E-state index in [0.29, 0.717) is 11.4 Å². The molecule has 0 unspecified atom stereocenters. The van der Waals surface area contributed by atoms with Crippen molar-refractivity contribution in [2.24, 2.45) is 0 Å². The summed E-state index contributed by atoms with van der Waals surface area (Å²) in [6, 6.07) is 8.98. The van der Waals surface area contributed by atoms with E-state index < -0.39 is 10.0 Å². The monoisotopic (exact) mass is 293 g/mol. The maximum absolute atomic E-state index is 12.1. The molecule has 0 aliphatic carbocycles. The van der Waals surface area contributed by atoms with Crippen molar-refractivity contribution >= 4 is 10.0 Å². The van der Waals surface area contributed by atoms with Crippen molar-refractivity contribution in [3.63, 3.8) is 0 Å². The fourth-order valence-corrected chi connectivity index (χ4v) is 3.00. The molecule has 0 bridgehead atoms. The van der Waals surface area contributed by atoms with Crippen LogP contribution in [0.15, 0.2) is 35.2 Å². The number of hydrogen-bond acceptors (Lipinski definition) is 3. The maximum atomic E-state index is 12.1. The van der Waals surface area contributed by atoms with Crippen molar-refractivity contribution in [2.75, 3.05) is 14.1 Å². The SMILES string of the molecule is Cc1cc(C)n(Cc2cccc(S(=O)(=O)N(C)C)c2)n1. The molecule has 20 heavy (non-hydrogen) atoms. The van der Waals surface area contributed by atoms with Gasteiger partial charge in [0, 0.05) is 19.8 Å². The molecule has 0 saturated heterocycles. The van der Waals surface area contributed by atoms with Gasteiger partial charge < -0.3 is 0 Å². The molecular weight excluding hydrogens is 274 g/mol. The Morgan fingerprint density at radius 1 is 1.20 bits per heavy atom. The molecule has 0 fully saturated rings. The molecule has 1 heterocycles. The molecule has 108 valence electrons. The van der Waals surface area contributed by atoms with Gasteiger partial charge in [-0.25, -0.2) is 12.7 Å². The average molecular weight is 293 g/mol. The molecule has 2 aromatic rings. The zero-order valence-corrected chi connectivity index (χ0v) is 13.0. The maximum Gasteiger partial charge on any atom is 0.242 e. The zero-order valence-electron chi connectivity index (χ0n) is 12.2. The predicted molar refractivity (Wildman–Crippen MR) is 78.1 cm³/mol. The van der Waals surface area contributed by atoms with Crippen LogP contribution in [0.1, 0.15) is 17.0 Å². The fraction of sp³-hybridized carbons (Fsp3) is 0.357. The Balaban J connectivity index is 2.34. The Labute approximate surface area is 119 Å². The second-order valence-corrected chi connectivity index (χ2v) is 7.17. The van der Waals surface area contributed by atoms with Gasteiger partial charge in [-0.15, -0.1) is 0 Å². The minimum atomic E-state index is -3.39. The van der Waals surface area contributed by atoms with E-state index in [1.165, 1.54) is 18.4 Å². The molecule has 0 amide bonds. The minimum absolute atomic E-state index is 0.307. The van der Waals surface area contributed by atoms with E-state index in [-0.39, 0.29) is 0 Å². The molecule has 0 N–H and O–H groups in total. The molecule has 1 aromatic carbocycles. The first-order chi connectivity index (χ1) is 9.30. The van der Waals surface area contributed by atoms with Crippen LogP contribution in [0.5, 0.6) is 0 Å². The highest BCUT2D eigenvalue weighted by atomic mass is 32.2. The smallest absolute Gasteiger partial charge is 0.242 e. The molecule has 0 spiro atoms. The molecule has 6 heteroatoms. The number of sulfonamides is 1. The van der Waals surface area contributed by atoms with Crippen LogP contribution in [0.2, 0.25) is 0 Å². The van der Waals surface area contributed by atoms with Crippen molar-refractivity contribution in [3.05, 3.63) is 47.3 Å². The third-order valence-electron chi connectivity index (χ3n) is 3.11. The normalized spacial score (nSPS) is 12.1. The van der Waals surface area contributed by atoms with Gasteiger partial charge in [-0.05, 0) is 37.6 Å². The molecule has 0 atom stereocenters. The van der Waals surface area contributed by atoms with E-state index in [4.69, 9.17) is 0 Å². The first-order valence-electron chi connectivity index (χ1n) is 6.33. The summed E-state index contributed by atoms with van der Waals surface area (Å²) >= 11 is 0. The van der Waals surface area contributed by atoms with Crippen LogP contribution < -0.4 is 0 Å². The number of aromatic nitrogens is 2. The largest absolute Gasteiger partial charge is 0.265 e. The van der Waals surface area contributed by atoms with Gasteiger partial charge in [0.25, 0.3) is 0 Å². The summed E-state index contributed by atoms with van der Waals surface area (Å²) in [5, 5.41) is 4.39. The standard InChI is InChI=1S/C14H19N3O2S/c1-11-8-12(2)17(15-11)10-13-6-5-7-14(9-13)20(18,19)16(3)4/h5-9H,10H2,1-4H3. The molecule has 2 rings (SSSR count). The second-order valence-electron chi connectivity index (χ2n) is 5.02. The summed E-state index contributed by atoms with van der Waals surface area (Å²) in [6.45, 7) is 4.49. The van der Waals surface area contributed by atoms with Crippen molar-refractivity contribution in [1.82, 2.24) is 14.1 Å². The lowest BCUT2D eigenvalue weighted by Crippen LogP contribution is -2.22. The first kappa shape index (κ1) is 14.7. The molecule has 1 aromatic heterocycles. The molecule has 0 aliphatic rings. The van der Waals surface area contributed by atoms with Gasteiger partial charge in [-0.1, -0.05) is 12.1 Å². The van der Waals surface area contributed by atoms with Gasteiger partial charge in [-0.2, -0.15) is 5.10 Å². The second kappa shape index (κ2) is 5.38.